The number of esters is 1. The molecule has 0 bridgehead atoms. The summed E-state index contributed by atoms with van der Waals surface area (Å²) in [7, 11) is 0. The zero-order valence-electron chi connectivity index (χ0n) is 20.9. The third kappa shape index (κ3) is 5.35. The number of ether oxygens (including phenoxy) is 1. The number of nitrogens with two attached hydrogens (primary N) is 1. The first-order chi connectivity index (χ1) is 19.3. The smallest absolute Gasteiger partial charge is 0.347 e. The summed E-state index contributed by atoms with van der Waals surface area (Å²) in [6.45, 7) is 1.42. The summed E-state index contributed by atoms with van der Waals surface area (Å²) < 4.78 is 12.6. The van der Waals surface area contributed by atoms with Gasteiger partial charge >= 0.3 is 5.97 Å². The number of anilines is 1. The highest BCUT2D eigenvalue weighted by molar-refractivity contribution is 8.00. The van der Waals surface area contributed by atoms with E-state index in [-0.39, 0.29) is 30.6 Å². The first-order valence-electron chi connectivity index (χ1n) is 11.9. The minimum absolute atomic E-state index is 0.101. The molecule has 0 aromatic carbocycles. The van der Waals surface area contributed by atoms with E-state index in [1.54, 1.807) is 18.3 Å². The summed E-state index contributed by atoms with van der Waals surface area (Å²) in [5.41, 5.74) is 5.29. The van der Waals surface area contributed by atoms with Crippen molar-refractivity contribution in [3.05, 3.63) is 53.1 Å². The molecule has 208 valence electrons. The fraction of sp³-hybridized carbons (Fsp3) is 0.292. The van der Waals surface area contributed by atoms with Crippen LogP contribution in [0.4, 0.5) is 6.01 Å². The third-order valence-corrected chi connectivity index (χ3v) is 8.19. The number of aliphatic carboxylic acids is 1. The molecule has 1 saturated heterocycles. The zero-order chi connectivity index (χ0) is 28.4. The first-order valence-corrected chi connectivity index (χ1v) is 13.8. The van der Waals surface area contributed by atoms with Gasteiger partial charge in [-0.25, -0.2) is 4.79 Å². The van der Waals surface area contributed by atoms with Crippen LogP contribution in [0.1, 0.15) is 12.6 Å². The lowest BCUT2D eigenvalue weighted by Gasteiger charge is -2.50. The van der Waals surface area contributed by atoms with E-state index in [2.05, 4.69) is 15.5 Å². The maximum atomic E-state index is 13.1. The number of carbonyl (C=O) groups excluding carboxylic acids is 4. The van der Waals surface area contributed by atoms with Gasteiger partial charge in [-0.15, -0.1) is 23.1 Å². The molecule has 5 heterocycles. The number of amides is 2. The summed E-state index contributed by atoms with van der Waals surface area (Å²) in [4.78, 5) is 59.8. The molecule has 3 aromatic heterocycles. The Morgan fingerprint density at radius 3 is 2.92 bits per heavy atom. The van der Waals surface area contributed by atoms with Crippen LogP contribution in [-0.4, -0.2) is 69.7 Å². The van der Waals surface area contributed by atoms with E-state index in [1.165, 1.54) is 11.8 Å². The van der Waals surface area contributed by atoms with Gasteiger partial charge in [-0.1, -0.05) is 5.16 Å². The fourth-order valence-corrected chi connectivity index (χ4v) is 6.38. The summed E-state index contributed by atoms with van der Waals surface area (Å²) in [6.07, 6.45) is 4.81. The number of β-lactam (4-membered cyclic amide) rings is 1. The number of fused-ring (bicyclic) bond motifs is 2. The number of thiophene rings is 1. The number of oxime groups is 1. The first kappa shape index (κ1) is 27.1. The Labute approximate surface area is 234 Å². The number of carboxylic acid groups (broad SMARTS) is 1. The maximum absolute atomic E-state index is 13.1. The van der Waals surface area contributed by atoms with Crippen LogP contribution in [0, 0.1) is 0 Å². The molecular formula is C24H22N6O8S2. The number of carbonyl (C=O) groups is 4. The Morgan fingerprint density at radius 1 is 1.38 bits per heavy atom. The van der Waals surface area contributed by atoms with Gasteiger partial charge in [0.15, 0.2) is 24.7 Å². The molecule has 0 aliphatic carbocycles. The minimum atomic E-state index is -1.48. The van der Waals surface area contributed by atoms with Gasteiger partial charge in [0.1, 0.15) is 23.4 Å². The van der Waals surface area contributed by atoms with E-state index in [1.807, 2.05) is 34.5 Å². The Bertz CT molecular complexity index is 1560. The van der Waals surface area contributed by atoms with Crippen molar-refractivity contribution >= 4 is 68.7 Å². The molecule has 2 aliphatic heterocycles. The fourth-order valence-electron chi connectivity index (χ4n) is 4.22. The molecule has 1 fully saturated rings. The molecule has 40 heavy (non-hydrogen) atoms. The predicted octanol–water partition coefficient (Wildman–Crippen LogP) is -0.853. The summed E-state index contributed by atoms with van der Waals surface area (Å²) in [5.74, 6) is -3.40. The van der Waals surface area contributed by atoms with Gasteiger partial charge in [0, 0.05) is 22.8 Å². The number of carboxylic acids is 1. The Hall–Kier alpha value is -4.44. The molecule has 0 spiro atoms. The van der Waals surface area contributed by atoms with E-state index in [0.29, 0.717) is 11.3 Å². The average Bonchev–Trinajstić information content (AvgIpc) is 3.57. The number of nitrogen functional groups attached to an aromatic ring is 1. The second-order valence-corrected chi connectivity index (χ2v) is 10.6. The topological polar surface area (TPSA) is 193 Å². The molecule has 2 atom stereocenters. The van der Waals surface area contributed by atoms with Crippen molar-refractivity contribution in [2.24, 2.45) is 5.16 Å². The lowest BCUT2D eigenvalue weighted by molar-refractivity contribution is -0.687. The van der Waals surface area contributed by atoms with Crippen molar-refractivity contribution in [2.75, 3.05) is 24.7 Å². The van der Waals surface area contributed by atoms with Gasteiger partial charge in [0.25, 0.3) is 17.8 Å². The van der Waals surface area contributed by atoms with Crippen LogP contribution in [0.5, 0.6) is 0 Å². The van der Waals surface area contributed by atoms with Crippen LogP contribution in [0.15, 0.2) is 57.0 Å². The van der Waals surface area contributed by atoms with Crippen LogP contribution in [0.2, 0.25) is 0 Å². The molecule has 3 aromatic rings. The molecule has 0 radical (unpaired) electrons. The van der Waals surface area contributed by atoms with Gasteiger partial charge in [-0.3, -0.25) is 14.5 Å². The number of oxazole rings is 1. The van der Waals surface area contributed by atoms with Gasteiger partial charge in [0.05, 0.1) is 23.0 Å². The molecule has 2 amide bonds. The van der Waals surface area contributed by atoms with Gasteiger partial charge in [-0.2, -0.15) is 9.55 Å². The van der Waals surface area contributed by atoms with Crippen LogP contribution in [0.25, 0.3) is 10.1 Å². The Balaban J connectivity index is 1.32. The number of nitrogens with zero attached hydrogens (tertiary/aromatic N) is 4. The van der Waals surface area contributed by atoms with Crippen molar-refractivity contribution < 1.29 is 42.8 Å². The monoisotopic (exact) mass is 586 g/mol. The second-order valence-electron chi connectivity index (χ2n) is 8.55. The standard InChI is InChI=1S/C24H22N6O8S2/c1-2-36-16(31)10-38-28-17(14-9-37-24(25)26-14)20(32)27-18-21(33)30-19(23(34)35)13(11-40-22(18)30)7-29-5-3-12-4-6-39-15(12)8-29/h3-6,8-9,18,22H,2,7,10-11H2,1H3,(H3-,25,26,27,32,34,35)/t18?,22-/m1/s1. The number of pyridine rings is 1. The molecule has 2 aliphatic rings. The normalized spacial score (nSPS) is 18.8. The number of rotatable bonds is 10. The van der Waals surface area contributed by atoms with Crippen molar-refractivity contribution in [3.8, 4) is 0 Å². The molecule has 14 nitrogen and oxygen atoms in total. The zero-order valence-corrected chi connectivity index (χ0v) is 22.5. The molecule has 1 unspecified atom stereocenters. The lowest BCUT2D eigenvalue weighted by atomic mass is 10.0. The highest BCUT2D eigenvalue weighted by atomic mass is 32.2. The van der Waals surface area contributed by atoms with Crippen LogP contribution < -0.4 is 20.7 Å². The molecular weight excluding hydrogens is 564 g/mol. The highest BCUT2D eigenvalue weighted by Crippen LogP contribution is 2.40. The van der Waals surface area contributed by atoms with Crippen LogP contribution in [0.3, 0.4) is 0 Å². The number of thioether (sulfide) groups is 1. The average molecular weight is 587 g/mol. The van der Waals surface area contributed by atoms with E-state index in [9.17, 15) is 24.3 Å². The number of aromatic nitrogens is 2. The Kier molecular flexibility index (Phi) is 7.70. The molecule has 0 saturated carbocycles. The maximum Gasteiger partial charge on any atom is 0.347 e. The number of hydrogen-bond acceptors (Lipinski definition) is 13. The van der Waals surface area contributed by atoms with Crippen LogP contribution >= 0.6 is 23.1 Å². The molecule has 16 heteroatoms. The van der Waals surface area contributed by atoms with Gasteiger partial charge in [-0.05, 0) is 18.4 Å². The molecule has 5 rings (SSSR count). The predicted molar refractivity (Wildman–Crippen MR) is 139 cm³/mol. The van der Waals surface area contributed by atoms with E-state index < -0.39 is 47.5 Å². The second kappa shape index (κ2) is 11.4. The lowest BCUT2D eigenvalue weighted by Crippen LogP contribution is -2.71. The number of hydrogen-bond donors (Lipinski definition) is 2. The summed E-state index contributed by atoms with van der Waals surface area (Å²) in [5, 5.41) is 20.7. The SMILES string of the molecule is CCOC(=O)CON=C(C(=O)NC1C(=O)N2C(C(=O)[O-])=C(C[n+]3ccc4ccsc4c3)CS[C@H]12)c1coc(N)n1. The van der Waals surface area contributed by atoms with Crippen molar-refractivity contribution in [3.63, 3.8) is 0 Å². The minimum Gasteiger partial charge on any atom is -0.543 e. The van der Waals surface area contributed by atoms with Crippen molar-refractivity contribution in [1.29, 1.82) is 0 Å². The van der Waals surface area contributed by atoms with Crippen molar-refractivity contribution in [2.45, 2.75) is 24.9 Å². The highest BCUT2D eigenvalue weighted by Gasteiger charge is 2.53. The van der Waals surface area contributed by atoms with Crippen molar-refractivity contribution in [1.82, 2.24) is 15.2 Å². The summed E-state index contributed by atoms with van der Waals surface area (Å²) >= 11 is 2.87. The largest absolute Gasteiger partial charge is 0.543 e. The van der Waals surface area contributed by atoms with Gasteiger partial charge in [0.2, 0.25) is 6.61 Å². The van der Waals surface area contributed by atoms with E-state index in [4.69, 9.17) is 19.7 Å². The van der Waals surface area contributed by atoms with E-state index >= 15 is 0 Å². The molecule has 3 N–H and O–H groups in total. The third-order valence-electron chi connectivity index (χ3n) is 5.98. The summed E-state index contributed by atoms with van der Waals surface area (Å²) in [6, 6.07) is 2.61. The number of nitrogens with one attached hydrogen (secondary N) is 1. The Morgan fingerprint density at radius 2 is 2.20 bits per heavy atom. The quantitative estimate of drug-likeness (QED) is 0.0988. The van der Waals surface area contributed by atoms with E-state index in [0.717, 1.165) is 21.2 Å². The van der Waals surface area contributed by atoms with Crippen LogP contribution in [-0.2, 0) is 35.3 Å². The van der Waals surface area contributed by atoms with Gasteiger partial charge < -0.3 is 34.9 Å².